The molecule has 76 valence electrons. The highest BCUT2D eigenvalue weighted by molar-refractivity contribution is 7.92. The zero-order chi connectivity index (χ0) is 9.42. The van der Waals surface area contributed by atoms with Crippen molar-refractivity contribution in [2.45, 2.75) is 37.3 Å². The first-order valence-electron chi connectivity index (χ1n) is 4.91. The summed E-state index contributed by atoms with van der Waals surface area (Å²) in [6, 6.07) is 0.508. The summed E-state index contributed by atoms with van der Waals surface area (Å²) in [5.74, 6) is 0.732. The van der Waals surface area contributed by atoms with Crippen molar-refractivity contribution >= 4 is 11.2 Å². The molecule has 0 radical (unpaired) electrons. The Morgan fingerprint density at radius 2 is 2.31 bits per heavy atom. The summed E-state index contributed by atoms with van der Waals surface area (Å²) < 4.78 is 17.1. The minimum atomic E-state index is -0.758. The van der Waals surface area contributed by atoms with Gasteiger partial charge in [0.25, 0.3) is 0 Å². The van der Waals surface area contributed by atoms with Crippen LogP contribution in [0.1, 0.15) is 19.8 Å². The minimum absolute atomic E-state index is 0.0565. The lowest BCUT2D eigenvalue weighted by Crippen LogP contribution is -2.38. The summed E-state index contributed by atoms with van der Waals surface area (Å²) >= 11 is -0.758. The predicted molar refractivity (Wildman–Crippen MR) is 53.0 cm³/mol. The third-order valence-electron chi connectivity index (χ3n) is 3.07. The number of ether oxygens (including phenoxy) is 1. The Kier molecular flexibility index (Phi) is 2.83. The predicted octanol–water partition coefficient (Wildman–Crippen LogP) is 0.574. The van der Waals surface area contributed by atoms with Gasteiger partial charge in [-0.1, -0.05) is 0 Å². The molecule has 4 atom stereocenters. The van der Waals surface area contributed by atoms with Crippen LogP contribution in [0, 0.1) is 0 Å². The van der Waals surface area contributed by atoms with Crippen molar-refractivity contribution in [3.8, 4) is 0 Å². The molecular formula is C9H17NO2S. The number of hydrogen-bond acceptors (Lipinski definition) is 3. The van der Waals surface area contributed by atoms with Crippen LogP contribution in [-0.2, 0) is 15.9 Å². The SMILES string of the molecule is CC1OC(C2CCCN2C)C[S+]1[O-]. The molecule has 4 heteroatoms. The largest absolute Gasteiger partial charge is 0.614 e. The topological polar surface area (TPSA) is 35.5 Å². The van der Waals surface area contributed by atoms with E-state index in [2.05, 4.69) is 11.9 Å². The monoisotopic (exact) mass is 203 g/mol. The van der Waals surface area contributed by atoms with Gasteiger partial charge < -0.3 is 14.2 Å². The van der Waals surface area contributed by atoms with Gasteiger partial charge in [0.05, 0.1) is 0 Å². The molecule has 13 heavy (non-hydrogen) atoms. The van der Waals surface area contributed by atoms with Gasteiger partial charge in [-0.3, -0.25) is 0 Å². The van der Waals surface area contributed by atoms with Crippen LogP contribution in [0.3, 0.4) is 0 Å². The number of hydrogen-bond donors (Lipinski definition) is 0. The Labute approximate surface area is 82.6 Å². The second kappa shape index (κ2) is 3.77. The fraction of sp³-hybridized carbons (Fsp3) is 1.00. The maximum atomic E-state index is 11.4. The van der Waals surface area contributed by atoms with Crippen molar-refractivity contribution in [2.24, 2.45) is 0 Å². The lowest BCUT2D eigenvalue weighted by molar-refractivity contribution is 0.0245. The lowest BCUT2D eigenvalue weighted by atomic mass is 10.1. The van der Waals surface area contributed by atoms with Crippen LogP contribution in [0.4, 0.5) is 0 Å². The molecule has 0 saturated carbocycles. The van der Waals surface area contributed by atoms with E-state index >= 15 is 0 Å². The molecule has 0 bridgehead atoms. The van der Waals surface area contributed by atoms with Gasteiger partial charge in [-0.25, -0.2) is 0 Å². The van der Waals surface area contributed by atoms with E-state index in [1.807, 2.05) is 6.92 Å². The van der Waals surface area contributed by atoms with Gasteiger partial charge in [0.1, 0.15) is 11.9 Å². The molecule has 2 fully saturated rings. The number of likely N-dealkylation sites (tertiary alicyclic amines) is 1. The van der Waals surface area contributed by atoms with E-state index in [4.69, 9.17) is 4.74 Å². The van der Waals surface area contributed by atoms with Gasteiger partial charge >= 0.3 is 0 Å². The third kappa shape index (κ3) is 1.86. The van der Waals surface area contributed by atoms with E-state index in [9.17, 15) is 4.55 Å². The summed E-state index contributed by atoms with van der Waals surface area (Å²) in [6.45, 7) is 3.07. The summed E-state index contributed by atoms with van der Waals surface area (Å²) in [7, 11) is 2.13. The van der Waals surface area contributed by atoms with Crippen LogP contribution >= 0.6 is 0 Å². The fourth-order valence-corrected chi connectivity index (χ4v) is 3.41. The van der Waals surface area contributed by atoms with Gasteiger partial charge in [0.15, 0.2) is 0 Å². The zero-order valence-electron chi connectivity index (χ0n) is 8.23. The van der Waals surface area contributed by atoms with E-state index in [0.717, 1.165) is 12.3 Å². The molecule has 3 nitrogen and oxygen atoms in total. The van der Waals surface area contributed by atoms with Crippen molar-refractivity contribution in [2.75, 3.05) is 19.3 Å². The average Bonchev–Trinajstić information content (AvgIpc) is 2.60. The number of likely N-dealkylation sites (N-methyl/N-ethyl adjacent to an activating group) is 1. The lowest BCUT2D eigenvalue weighted by Gasteiger charge is -2.22. The molecule has 0 amide bonds. The molecular weight excluding hydrogens is 186 g/mol. The first-order valence-corrected chi connectivity index (χ1v) is 6.29. The van der Waals surface area contributed by atoms with E-state index < -0.39 is 11.2 Å². The van der Waals surface area contributed by atoms with Crippen LogP contribution in [0.15, 0.2) is 0 Å². The van der Waals surface area contributed by atoms with E-state index in [-0.39, 0.29) is 11.5 Å². The van der Waals surface area contributed by atoms with E-state index in [1.165, 1.54) is 12.8 Å². The number of rotatable bonds is 1. The normalized spacial score (nSPS) is 47.3. The second-order valence-electron chi connectivity index (χ2n) is 3.98. The highest BCUT2D eigenvalue weighted by atomic mass is 32.2. The van der Waals surface area contributed by atoms with Crippen molar-refractivity contribution in [3.63, 3.8) is 0 Å². The molecule has 0 spiro atoms. The van der Waals surface area contributed by atoms with Crippen LogP contribution in [0.5, 0.6) is 0 Å². The van der Waals surface area contributed by atoms with E-state index in [0.29, 0.717) is 6.04 Å². The molecule has 2 rings (SSSR count). The van der Waals surface area contributed by atoms with Crippen molar-refractivity contribution < 1.29 is 9.29 Å². The van der Waals surface area contributed by atoms with Crippen LogP contribution < -0.4 is 0 Å². The molecule has 0 aliphatic carbocycles. The highest BCUT2D eigenvalue weighted by Crippen LogP contribution is 2.28. The Balaban J connectivity index is 1.95. The van der Waals surface area contributed by atoms with Gasteiger partial charge in [0, 0.05) is 13.0 Å². The first kappa shape index (κ1) is 9.77. The van der Waals surface area contributed by atoms with E-state index in [1.54, 1.807) is 0 Å². The molecule has 0 aromatic heterocycles. The number of nitrogens with zero attached hydrogens (tertiary/aromatic N) is 1. The molecule has 0 aromatic rings. The van der Waals surface area contributed by atoms with Gasteiger partial charge in [-0.15, -0.1) is 0 Å². The van der Waals surface area contributed by atoms with Crippen LogP contribution in [0.2, 0.25) is 0 Å². The summed E-state index contributed by atoms with van der Waals surface area (Å²) in [6.07, 6.45) is 2.66. The third-order valence-corrected chi connectivity index (χ3v) is 4.58. The summed E-state index contributed by atoms with van der Waals surface area (Å²) in [4.78, 5) is 2.33. The van der Waals surface area contributed by atoms with Crippen molar-refractivity contribution in [1.82, 2.24) is 4.90 Å². The maximum absolute atomic E-state index is 11.4. The molecule has 0 aromatic carbocycles. The first-order chi connectivity index (χ1) is 6.18. The molecule has 2 aliphatic rings. The summed E-state index contributed by atoms with van der Waals surface area (Å²) in [5, 5.41) is 0. The van der Waals surface area contributed by atoms with Crippen molar-refractivity contribution in [1.29, 1.82) is 0 Å². The second-order valence-corrected chi connectivity index (χ2v) is 5.74. The Bertz CT molecular complexity index is 180. The van der Waals surface area contributed by atoms with Crippen LogP contribution in [0.25, 0.3) is 0 Å². The quantitative estimate of drug-likeness (QED) is 0.585. The summed E-state index contributed by atoms with van der Waals surface area (Å²) in [5.41, 5.74) is -0.0565. The molecule has 2 saturated heterocycles. The molecule has 2 aliphatic heterocycles. The van der Waals surface area contributed by atoms with Gasteiger partial charge in [0.2, 0.25) is 5.44 Å². The van der Waals surface area contributed by atoms with Gasteiger partial charge in [-0.05, 0) is 37.6 Å². The average molecular weight is 203 g/mol. The highest BCUT2D eigenvalue weighted by Gasteiger charge is 2.41. The standard InChI is InChI=1S/C9H17NO2S/c1-7-12-9(6-13(7)11)8-4-3-5-10(8)2/h7-9H,3-6H2,1-2H3. The van der Waals surface area contributed by atoms with Gasteiger partial charge in [-0.2, -0.15) is 0 Å². The maximum Gasteiger partial charge on any atom is 0.213 e. The Hall–Kier alpha value is 0.230. The zero-order valence-corrected chi connectivity index (χ0v) is 9.05. The Morgan fingerprint density at radius 3 is 2.77 bits per heavy atom. The smallest absolute Gasteiger partial charge is 0.213 e. The van der Waals surface area contributed by atoms with Crippen LogP contribution in [-0.4, -0.2) is 46.4 Å². The van der Waals surface area contributed by atoms with Crippen molar-refractivity contribution in [3.05, 3.63) is 0 Å². The molecule has 0 N–H and O–H groups in total. The molecule has 4 unspecified atom stereocenters. The fourth-order valence-electron chi connectivity index (χ4n) is 2.25. The minimum Gasteiger partial charge on any atom is -0.614 e. The Morgan fingerprint density at radius 1 is 1.54 bits per heavy atom. The molecule has 2 heterocycles.